The summed E-state index contributed by atoms with van der Waals surface area (Å²) in [6.07, 6.45) is 0. The highest BCUT2D eigenvalue weighted by atomic mass is 35.5. The van der Waals surface area contributed by atoms with Crippen LogP contribution in [-0.4, -0.2) is 11.5 Å². The fourth-order valence-electron chi connectivity index (χ4n) is 2.09. The molecule has 0 aliphatic rings. The van der Waals surface area contributed by atoms with Gasteiger partial charge >= 0.3 is 0 Å². The van der Waals surface area contributed by atoms with Gasteiger partial charge in [0, 0.05) is 24.3 Å². The smallest absolute Gasteiger partial charge is 0.105 e. The van der Waals surface area contributed by atoms with Crippen molar-refractivity contribution in [1.29, 1.82) is 0 Å². The Kier molecular flexibility index (Phi) is 4.99. The predicted molar refractivity (Wildman–Crippen MR) is 90.5 cm³/mol. The Labute approximate surface area is 130 Å². The first kappa shape index (κ1) is 14.8. The molecule has 0 radical (unpaired) electrons. The predicted octanol–water partition coefficient (Wildman–Crippen LogP) is 4.00. The van der Waals surface area contributed by atoms with Crippen molar-refractivity contribution in [1.82, 2.24) is 0 Å². The maximum atomic E-state index is 6.23. The SMILES string of the molecule is CCN(Cc1ccccc1)c1ccc(C(N)=S)c(Cl)c1. The van der Waals surface area contributed by atoms with Crippen molar-refractivity contribution in [3.05, 3.63) is 64.7 Å². The summed E-state index contributed by atoms with van der Waals surface area (Å²) in [5.74, 6) is 0. The second kappa shape index (κ2) is 6.73. The number of anilines is 1. The van der Waals surface area contributed by atoms with Gasteiger partial charge in [-0.3, -0.25) is 0 Å². The molecular formula is C16H17ClN2S. The number of benzene rings is 2. The van der Waals surface area contributed by atoms with Crippen molar-refractivity contribution in [2.24, 2.45) is 5.73 Å². The minimum absolute atomic E-state index is 0.327. The average Bonchev–Trinajstić information content (AvgIpc) is 2.45. The van der Waals surface area contributed by atoms with Crippen LogP contribution in [0.5, 0.6) is 0 Å². The van der Waals surface area contributed by atoms with Crippen LogP contribution in [0.2, 0.25) is 5.02 Å². The summed E-state index contributed by atoms with van der Waals surface area (Å²) < 4.78 is 0. The summed E-state index contributed by atoms with van der Waals surface area (Å²) in [6, 6.07) is 16.2. The van der Waals surface area contributed by atoms with Gasteiger partial charge in [-0.25, -0.2) is 0 Å². The third kappa shape index (κ3) is 3.50. The number of rotatable bonds is 5. The fourth-order valence-corrected chi connectivity index (χ4v) is 2.60. The zero-order valence-electron chi connectivity index (χ0n) is 11.3. The molecule has 0 aliphatic carbocycles. The standard InChI is InChI=1S/C16H17ClN2S/c1-2-19(11-12-6-4-3-5-7-12)13-8-9-14(16(18)20)15(17)10-13/h3-10H,2,11H2,1H3,(H2,18,20). The van der Waals surface area contributed by atoms with Gasteiger partial charge in [-0.15, -0.1) is 0 Å². The van der Waals surface area contributed by atoms with Gasteiger partial charge in [0.05, 0.1) is 5.02 Å². The van der Waals surface area contributed by atoms with Crippen LogP contribution in [0.3, 0.4) is 0 Å². The van der Waals surface area contributed by atoms with Crippen LogP contribution in [-0.2, 0) is 6.54 Å². The summed E-state index contributed by atoms with van der Waals surface area (Å²) in [6.45, 7) is 3.87. The van der Waals surface area contributed by atoms with Gasteiger partial charge in [-0.1, -0.05) is 54.2 Å². The quantitative estimate of drug-likeness (QED) is 0.847. The molecule has 0 aliphatic heterocycles. The first-order chi connectivity index (χ1) is 9.61. The normalized spacial score (nSPS) is 10.3. The zero-order chi connectivity index (χ0) is 14.5. The lowest BCUT2D eigenvalue weighted by Gasteiger charge is -2.24. The lowest BCUT2D eigenvalue weighted by atomic mass is 10.1. The second-order valence-corrected chi connectivity index (χ2v) is 5.38. The Balaban J connectivity index is 2.24. The summed E-state index contributed by atoms with van der Waals surface area (Å²) in [5, 5.41) is 0.599. The highest BCUT2D eigenvalue weighted by Gasteiger charge is 2.09. The van der Waals surface area contributed by atoms with E-state index >= 15 is 0 Å². The summed E-state index contributed by atoms with van der Waals surface area (Å²) in [7, 11) is 0. The van der Waals surface area contributed by atoms with E-state index in [-0.39, 0.29) is 0 Å². The van der Waals surface area contributed by atoms with Crippen LogP contribution in [0.25, 0.3) is 0 Å². The van der Waals surface area contributed by atoms with Crippen molar-refractivity contribution in [3.63, 3.8) is 0 Å². The molecule has 2 aromatic carbocycles. The molecule has 0 amide bonds. The van der Waals surface area contributed by atoms with Gasteiger partial charge < -0.3 is 10.6 Å². The topological polar surface area (TPSA) is 29.3 Å². The third-order valence-corrected chi connectivity index (χ3v) is 3.71. The Bertz CT molecular complexity index is 599. The molecule has 4 heteroatoms. The monoisotopic (exact) mass is 304 g/mol. The molecule has 0 bridgehead atoms. The molecule has 0 saturated heterocycles. The van der Waals surface area contributed by atoms with Crippen LogP contribution >= 0.6 is 23.8 Å². The van der Waals surface area contributed by atoms with E-state index in [1.807, 2.05) is 36.4 Å². The number of halogens is 1. The molecule has 0 spiro atoms. The maximum Gasteiger partial charge on any atom is 0.105 e. The van der Waals surface area contributed by atoms with E-state index in [0.29, 0.717) is 10.0 Å². The first-order valence-corrected chi connectivity index (χ1v) is 7.28. The molecule has 0 atom stereocenters. The molecule has 0 unspecified atom stereocenters. The molecule has 0 aromatic heterocycles. The van der Waals surface area contributed by atoms with E-state index in [1.165, 1.54) is 5.56 Å². The van der Waals surface area contributed by atoms with Gasteiger partial charge in [0.25, 0.3) is 0 Å². The first-order valence-electron chi connectivity index (χ1n) is 6.50. The molecule has 20 heavy (non-hydrogen) atoms. The minimum atomic E-state index is 0.327. The van der Waals surface area contributed by atoms with E-state index < -0.39 is 0 Å². The summed E-state index contributed by atoms with van der Waals surface area (Å²) in [5.41, 5.74) is 8.69. The lowest BCUT2D eigenvalue weighted by molar-refractivity contribution is 0.832. The Morgan fingerprint density at radius 2 is 1.90 bits per heavy atom. The van der Waals surface area contributed by atoms with Crippen molar-refractivity contribution in [3.8, 4) is 0 Å². The van der Waals surface area contributed by atoms with Crippen LogP contribution in [0.4, 0.5) is 5.69 Å². The van der Waals surface area contributed by atoms with Gasteiger partial charge in [0.1, 0.15) is 4.99 Å². The highest BCUT2D eigenvalue weighted by molar-refractivity contribution is 7.80. The van der Waals surface area contributed by atoms with Crippen LogP contribution in [0, 0.1) is 0 Å². The number of nitrogens with two attached hydrogens (primary N) is 1. The maximum absolute atomic E-state index is 6.23. The van der Waals surface area contributed by atoms with Crippen molar-refractivity contribution >= 4 is 34.5 Å². The summed E-state index contributed by atoms with van der Waals surface area (Å²) >= 11 is 11.2. The molecule has 0 saturated carbocycles. The molecule has 104 valence electrons. The summed E-state index contributed by atoms with van der Waals surface area (Å²) in [4.78, 5) is 2.58. The zero-order valence-corrected chi connectivity index (χ0v) is 12.9. The van der Waals surface area contributed by atoms with E-state index in [9.17, 15) is 0 Å². The fraction of sp³-hybridized carbons (Fsp3) is 0.188. The number of nitrogens with zero attached hydrogens (tertiary/aromatic N) is 1. The molecule has 0 fully saturated rings. The Hall–Kier alpha value is -1.58. The molecule has 2 rings (SSSR count). The van der Waals surface area contributed by atoms with E-state index in [2.05, 4.69) is 24.0 Å². The Morgan fingerprint density at radius 3 is 2.45 bits per heavy atom. The minimum Gasteiger partial charge on any atom is -0.389 e. The van der Waals surface area contributed by atoms with Crippen molar-refractivity contribution in [2.45, 2.75) is 13.5 Å². The van der Waals surface area contributed by atoms with Gasteiger partial charge in [-0.05, 0) is 30.7 Å². The van der Waals surface area contributed by atoms with Crippen molar-refractivity contribution in [2.75, 3.05) is 11.4 Å². The van der Waals surface area contributed by atoms with Crippen LogP contribution < -0.4 is 10.6 Å². The molecule has 2 nitrogen and oxygen atoms in total. The van der Waals surface area contributed by atoms with E-state index in [1.54, 1.807) is 0 Å². The van der Waals surface area contributed by atoms with E-state index in [4.69, 9.17) is 29.6 Å². The average molecular weight is 305 g/mol. The molecule has 2 aromatic rings. The van der Waals surface area contributed by atoms with Crippen LogP contribution in [0.1, 0.15) is 18.1 Å². The highest BCUT2D eigenvalue weighted by Crippen LogP contribution is 2.25. The molecule has 0 heterocycles. The van der Waals surface area contributed by atoms with Crippen molar-refractivity contribution < 1.29 is 0 Å². The number of hydrogen-bond donors (Lipinski definition) is 1. The third-order valence-electron chi connectivity index (χ3n) is 3.18. The lowest BCUT2D eigenvalue weighted by Crippen LogP contribution is -2.22. The van der Waals surface area contributed by atoms with Gasteiger partial charge in [0.2, 0.25) is 0 Å². The Morgan fingerprint density at radius 1 is 1.20 bits per heavy atom. The number of hydrogen-bond acceptors (Lipinski definition) is 2. The van der Waals surface area contributed by atoms with Gasteiger partial charge in [-0.2, -0.15) is 0 Å². The van der Waals surface area contributed by atoms with Crippen LogP contribution in [0.15, 0.2) is 48.5 Å². The number of thiocarbonyl (C=S) groups is 1. The molecular weight excluding hydrogens is 288 g/mol. The molecule has 2 N–H and O–H groups in total. The van der Waals surface area contributed by atoms with Gasteiger partial charge in [0.15, 0.2) is 0 Å². The second-order valence-electron chi connectivity index (χ2n) is 4.53. The van der Waals surface area contributed by atoms with E-state index in [0.717, 1.165) is 24.3 Å². The largest absolute Gasteiger partial charge is 0.389 e.